The molecule has 0 aliphatic rings. The van der Waals surface area contributed by atoms with Crippen molar-refractivity contribution in [1.29, 1.82) is 0 Å². The van der Waals surface area contributed by atoms with Gasteiger partial charge in [0.2, 0.25) is 0 Å². The lowest BCUT2D eigenvalue weighted by molar-refractivity contribution is 0.108. The molecule has 1 atom stereocenters. The third kappa shape index (κ3) is 4.35. The highest BCUT2D eigenvalue weighted by Crippen LogP contribution is 2.24. The number of nitrogens with zero attached hydrogens (tertiary/aromatic N) is 1. The van der Waals surface area contributed by atoms with Gasteiger partial charge in [0.25, 0.3) is 0 Å². The van der Waals surface area contributed by atoms with Crippen LogP contribution in [0.4, 0.5) is 0 Å². The Morgan fingerprint density at radius 2 is 2.17 bits per heavy atom. The number of aryl methyl sites for hydroxylation is 1. The highest BCUT2D eigenvalue weighted by atomic mass is 79.9. The first kappa shape index (κ1) is 15.6. The topological polar surface area (TPSA) is 38.5 Å². The maximum absolute atomic E-state index is 5.90. The van der Waals surface area contributed by atoms with Crippen molar-refractivity contribution in [3.63, 3.8) is 0 Å². The van der Waals surface area contributed by atoms with E-state index in [1.807, 2.05) is 6.92 Å². The number of hydrogen-bond acceptors (Lipinski definition) is 3. The van der Waals surface area contributed by atoms with E-state index >= 15 is 0 Å². The van der Waals surface area contributed by atoms with Gasteiger partial charge in [-0.05, 0) is 38.1 Å². The molecule has 3 nitrogen and oxygen atoms in total. The zero-order valence-corrected chi connectivity index (χ0v) is 13.0. The van der Waals surface area contributed by atoms with E-state index in [2.05, 4.69) is 53.0 Å². The summed E-state index contributed by atoms with van der Waals surface area (Å²) in [7, 11) is 2.09. The van der Waals surface area contributed by atoms with E-state index in [0.717, 1.165) is 24.2 Å². The molecule has 0 aliphatic carbocycles. The lowest BCUT2D eigenvalue weighted by Crippen LogP contribution is -2.33. The molecule has 4 heteroatoms. The van der Waals surface area contributed by atoms with Gasteiger partial charge in [-0.15, -0.1) is 0 Å². The lowest BCUT2D eigenvalue weighted by Gasteiger charge is -2.27. The molecule has 1 unspecified atom stereocenters. The third-order valence-electron chi connectivity index (χ3n) is 3.13. The van der Waals surface area contributed by atoms with Crippen LogP contribution in [0.2, 0.25) is 0 Å². The Morgan fingerprint density at radius 1 is 1.44 bits per heavy atom. The van der Waals surface area contributed by atoms with Crippen LogP contribution < -0.4 is 5.73 Å². The van der Waals surface area contributed by atoms with E-state index in [9.17, 15) is 0 Å². The Morgan fingerprint density at radius 3 is 2.72 bits per heavy atom. The van der Waals surface area contributed by atoms with E-state index < -0.39 is 0 Å². The Kier molecular flexibility index (Phi) is 6.86. The lowest BCUT2D eigenvalue weighted by atomic mass is 10.0. The quantitative estimate of drug-likeness (QED) is 0.786. The second-order valence-corrected chi connectivity index (χ2v) is 5.29. The number of likely N-dealkylation sites (N-methyl/N-ethyl adjacent to an activating group) is 1. The highest BCUT2D eigenvalue weighted by molar-refractivity contribution is 9.10. The summed E-state index contributed by atoms with van der Waals surface area (Å²) in [5.41, 5.74) is 8.39. The Hall–Kier alpha value is -0.420. The molecule has 1 rings (SSSR count). The molecule has 0 fully saturated rings. The first-order valence-electron chi connectivity index (χ1n) is 6.34. The maximum atomic E-state index is 5.90. The molecule has 0 radical (unpaired) electrons. The fourth-order valence-corrected chi connectivity index (χ4v) is 2.29. The summed E-state index contributed by atoms with van der Waals surface area (Å²) in [6, 6.07) is 6.67. The predicted molar refractivity (Wildman–Crippen MR) is 79.8 cm³/mol. The van der Waals surface area contributed by atoms with Crippen molar-refractivity contribution in [1.82, 2.24) is 4.90 Å². The van der Waals surface area contributed by atoms with Gasteiger partial charge >= 0.3 is 0 Å². The largest absolute Gasteiger partial charge is 0.380 e. The minimum atomic E-state index is 0.238. The highest BCUT2D eigenvalue weighted by Gasteiger charge is 2.15. The average molecular weight is 315 g/mol. The number of ether oxygens (including phenoxy) is 1. The Bertz CT molecular complexity index is 371. The van der Waals surface area contributed by atoms with Crippen LogP contribution in [0.5, 0.6) is 0 Å². The van der Waals surface area contributed by atoms with Gasteiger partial charge in [0.1, 0.15) is 0 Å². The van der Waals surface area contributed by atoms with Gasteiger partial charge in [-0.3, -0.25) is 4.90 Å². The number of halogens is 1. The van der Waals surface area contributed by atoms with Crippen molar-refractivity contribution in [2.45, 2.75) is 19.9 Å². The molecule has 1 aromatic carbocycles. The molecule has 102 valence electrons. The maximum Gasteiger partial charge on any atom is 0.0593 e. The minimum absolute atomic E-state index is 0.238. The molecule has 2 N–H and O–H groups in total. The van der Waals surface area contributed by atoms with Crippen molar-refractivity contribution in [3.05, 3.63) is 33.8 Å². The molecule has 1 aromatic rings. The van der Waals surface area contributed by atoms with E-state index in [1.54, 1.807) is 0 Å². The van der Waals surface area contributed by atoms with Gasteiger partial charge in [-0.2, -0.15) is 0 Å². The third-order valence-corrected chi connectivity index (χ3v) is 3.98. The number of rotatable bonds is 7. The second kappa shape index (κ2) is 7.89. The van der Waals surface area contributed by atoms with Crippen LogP contribution in [0.1, 0.15) is 24.1 Å². The summed E-state index contributed by atoms with van der Waals surface area (Å²) in [6.07, 6.45) is 0. The smallest absolute Gasteiger partial charge is 0.0593 e. The molecular formula is C14H23BrN2O. The van der Waals surface area contributed by atoms with Crippen molar-refractivity contribution in [2.75, 3.05) is 33.4 Å². The second-order valence-electron chi connectivity index (χ2n) is 4.44. The summed E-state index contributed by atoms with van der Waals surface area (Å²) in [5.74, 6) is 0. The van der Waals surface area contributed by atoms with Gasteiger partial charge < -0.3 is 10.5 Å². The van der Waals surface area contributed by atoms with Gasteiger partial charge in [0, 0.05) is 30.2 Å². The normalized spacial score (nSPS) is 13.0. The summed E-state index contributed by atoms with van der Waals surface area (Å²) >= 11 is 3.57. The van der Waals surface area contributed by atoms with Crippen molar-refractivity contribution < 1.29 is 4.74 Å². The first-order valence-corrected chi connectivity index (χ1v) is 7.13. The SMILES string of the molecule is CCOCCN(C)C(CN)c1ccc(C)c(Br)c1. The van der Waals surface area contributed by atoms with Crippen LogP contribution in [0.15, 0.2) is 22.7 Å². The molecule has 0 heterocycles. The average Bonchev–Trinajstić information content (AvgIpc) is 2.35. The molecule has 0 aliphatic heterocycles. The molecule has 0 bridgehead atoms. The van der Waals surface area contributed by atoms with E-state index in [1.165, 1.54) is 11.1 Å². The van der Waals surface area contributed by atoms with E-state index in [4.69, 9.17) is 10.5 Å². The zero-order chi connectivity index (χ0) is 13.5. The molecule has 0 spiro atoms. The van der Waals surface area contributed by atoms with Crippen molar-refractivity contribution in [3.8, 4) is 0 Å². The van der Waals surface area contributed by atoms with Crippen LogP contribution >= 0.6 is 15.9 Å². The molecule has 0 amide bonds. The monoisotopic (exact) mass is 314 g/mol. The van der Waals surface area contributed by atoms with Crippen molar-refractivity contribution >= 4 is 15.9 Å². The molecule has 0 saturated heterocycles. The fraction of sp³-hybridized carbons (Fsp3) is 0.571. The van der Waals surface area contributed by atoms with Gasteiger partial charge in [-0.25, -0.2) is 0 Å². The summed E-state index contributed by atoms with van der Waals surface area (Å²) in [4.78, 5) is 2.24. The van der Waals surface area contributed by atoms with Crippen LogP contribution in [0, 0.1) is 6.92 Å². The standard InChI is InChI=1S/C14H23BrN2O/c1-4-18-8-7-17(3)14(10-16)12-6-5-11(2)13(15)9-12/h5-6,9,14H,4,7-8,10,16H2,1-3H3. The van der Waals surface area contributed by atoms with Gasteiger partial charge in [0.05, 0.1) is 6.61 Å². The number of hydrogen-bond donors (Lipinski definition) is 1. The van der Waals surface area contributed by atoms with Crippen LogP contribution in [0.3, 0.4) is 0 Å². The molecule has 0 aromatic heterocycles. The predicted octanol–water partition coefficient (Wildman–Crippen LogP) is 2.73. The molecule has 0 saturated carbocycles. The molecular weight excluding hydrogens is 292 g/mol. The first-order chi connectivity index (χ1) is 8.60. The van der Waals surface area contributed by atoms with Crippen LogP contribution in [-0.4, -0.2) is 38.3 Å². The van der Waals surface area contributed by atoms with Crippen LogP contribution in [0.25, 0.3) is 0 Å². The van der Waals surface area contributed by atoms with Gasteiger partial charge in [0.15, 0.2) is 0 Å². The Balaban J connectivity index is 2.72. The number of nitrogens with two attached hydrogens (primary N) is 1. The fourth-order valence-electron chi connectivity index (χ4n) is 1.90. The minimum Gasteiger partial charge on any atom is -0.380 e. The van der Waals surface area contributed by atoms with E-state index in [-0.39, 0.29) is 6.04 Å². The Labute approximate surface area is 118 Å². The molecule has 18 heavy (non-hydrogen) atoms. The zero-order valence-electron chi connectivity index (χ0n) is 11.4. The summed E-state index contributed by atoms with van der Waals surface area (Å²) in [6.45, 7) is 7.11. The van der Waals surface area contributed by atoms with Crippen molar-refractivity contribution in [2.24, 2.45) is 5.73 Å². The number of benzene rings is 1. The summed E-state index contributed by atoms with van der Waals surface area (Å²) < 4.78 is 6.52. The summed E-state index contributed by atoms with van der Waals surface area (Å²) in [5, 5.41) is 0. The van der Waals surface area contributed by atoms with Gasteiger partial charge in [-0.1, -0.05) is 28.1 Å². The van der Waals surface area contributed by atoms with E-state index in [0.29, 0.717) is 6.54 Å². The van der Waals surface area contributed by atoms with Crippen LogP contribution in [-0.2, 0) is 4.74 Å².